The molecule has 192 valence electrons. The Morgan fingerprint density at radius 3 is 2.53 bits per heavy atom. The highest BCUT2D eigenvalue weighted by atomic mass is 16.4. The van der Waals surface area contributed by atoms with E-state index >= 15 is 0 Å². The molecule has 4 rings (SSSR count). The number of carboxylic acids is 1. The lowest BCUT2D eigenvalue weighted by atomic mass is 10.0. The predicted molar refractivity (Wildman–Crippen MR) is 130 cm³/mol. The van der Waals surface area contributed by atoms with Crippen LogP contribution in [0.5, 0.6) is 0 Å². The molecule has 2 fully saturated rings. The van der Waals surface area contributed by atoms with Gasteiger partial charge < -0.3 is 30.9 Å². The highest BCUT2D eigenvalue weighted by Crippen LogP contribution is 2.20. The zero-order chi connectivity index (χ0) is 25.5. The van der Waals surface area contributed by atoms with Crippen molar-refractivity contribution in [3.05, 3.63) is 54.1 Å². The van der Waals surface area contributed by atoms with Crippen molar-refractivity contribution in [1.29, 1.82) is 0 Å². The van der Waals surface area contributed by atoms with Crippen LogP contribution in [-0.2, 0) is 32.0 Å². The molecule has 2 aliphatic rings. The monoisotopic (exact) mass is 496 g/mol. The van der Waals surface area contributed by atoms with Crippen molar-refractivity contribution in [2.75, 3.05) is 13.1 Å². The number of nitrogens with zero attached hydrogens (tertiary/aromatic N) is 2. The number of carbonyl (C=O) groups excluding carboxylic acids is 3. The van der Waals surface area contributed by atoms with Gasteiger partial charge in [0.2, 0.25) is 17.7 Å². The summed E-state index contributed by atoms with van der Waals surface area (Å²) in [5.41, 5.74) is 1.48. The quantitative estimate of drug-likeness (QED) is 0.310. The Morgan fingerprint density at radius 1 is 1.06 bits per heavy atom. The molecule has 11 heteroatoms. The van der Waals surface area contributed by atoms with Crippen LogP contribution in [0.4, 0.5) is 0 Å². The van der Waals surface area contributed by atoms with Crippen LogP contribution in [0.15, 0.2) is 42.9 Å². The van der Waals surface area contributed by atoms with E-state index in [9.17, 15) is 24.3 Å². The topological polar surface area (TPSA) is 157 Å². The van der Waals surface area contributed by atoms with Crippen molar-refractivity contribution in [1.82, 2.24) is 30.8 Å². The Morgan fingerprint density at radius 2 is 1.86 bits per heavy atom. The van der Waals surface area contributed by atoms with E-state index in [4.69, 9.17) is 0 Å². The van der Waals surface area contributed by atoms with Crippen molar-refractivity contribution in [3.8, 4) is 0 Å². The number of likely N-dealkylation sites (tertiary alicyclic amines) is 1. The first-order valence-corrected chi connectivity index (χ1v) is 12.3. The van der Waals surface area contributed by atoms with Gasteiger partial charge in [-0.1, -0.05) is 30.3 Å². The molecule has 0 aliphatic carbocycles. The molecule has 3 amide bonds. The average Bonchev–Trinajstić information content (AvgIpc) is 3.66. The minimum atomic E-state index is -1.06. The summed E-state index contributed by atoms with van der Waals surface area (Å²) in [6, 6.07) is 6.01. The third kappa shape index (κ3) is 6.28. The lowest BCUT2D eigenvalue weighted by Gasteiger charge is -2.29. The van der Waals surface area contributed by atoms with Gasteiger partial charge in [-0.3, -0.25) is 14.4 Å². The van der Waals surface area contributed by atoms with Crippen molar-refractivity contribution in [3.63, 3.8) is 0 Å². The van der Waals surface area contributed by atoms with Crippen LogP contribution in [-0.4, -0.2) is 80.9 Å². The fraction of sp³-hybridized carbons (Fsp3) is 0.480. The van der Waals surface area contributed by atoms with Gasteiger partial charge in [-0.2, -0.15) is 0 Å². The van der Waals surface area contributed by atoms with Gasteiger partial charge in [0.1, 0.15) is 18.1 Å². The minimum absolute atomic E-state index is 0.165. The Balaban J connectivity index is 1.53. The maximum atomic E-state index is 13.5. The summed E-state index contributed by atoms with van der Waals surface area (Å²) in [5.74, 6) is -2.29. The highest BCUT2D eigenvalue weighted by Gasteiger charge is 2.38. The lowest BCUT2D eigenvalue weighted by Crippen LogP contribution is -2.58. The summed E-state index contributed by atoms with van der Waals surface area (Å²) in [6.07, 6.45) is 5.96. The molecule has 2 aliphatic heterocycles. The van der Waals surface area contributed by atoms with E-state index < -0.39 is 35.9 Å². The molecule has 1 aromatic carbocycles. The van der Waals surface area contributed by atoms with Crippen LogP contribution in [0.3, 0.4) is 0 Å². The van der Waals surface area contributed by atoms with Gasteiger partial charge in [-0.25, -0.2) is 9.78 Å². The maximum absolute atomic E-state index is 13.5. The normalized spacial score (nSPS) is 21.1. The third-order valence-electron chi connectivity index (χ3n) is 6.71. The van der Waals surface area contributed by atoms with Gasteiger partial charge in [-0.15, -0.1) is 0 Å². The van der Waals surface area contributed by atoms with Crippen LogP contribution in [0.1, 0.15) is 36.9 Å². The molecule has 0 spiro atoms. The average molecular weight is 497 g/mol. The SMILES string of the molecule is O=C(NC(Cc1cnc[nH]1)C(=O)NC(Cc1ccccc1)C(=O)N1CCCC1C(=O)O)C1CCCN1. The summed E-state index contributed by atoms with van der Waals surface area (Å²) >= 11 is 0. The van der Waals surface area contributed by atoms with Crippen molar-refractivity contribution >= 4 is 23.7 Å². The number of rotatable bonds is 10. The molecule has 3 heterocycles. The molecule has 2 saturated heterocycles. The molecule has 2 aromatic rings. The number of H-pyrrole nitrogens is 1. The fourth-order valence-electron chi connectivity index (χ4n) is 4.82. The zero-order valence-electron chi connectivity index (χ0n) is 20.0. The van der Waals surface area contributed by atoms with E-state index in [1.54, 1.807) is 6.20 Å². The van der Waals surface area contributed by atoms with Gasteiger partial charge in [0.25, 0.3) is 0 Å². The molecular formula is C25H32N6O5. The highest BCUT2D eigenvalue weighted by molar-refractivity contribution is 5.94. The molecule has 0 saturated carbocycles. The number of carboxylic acid groups (broad SMARTS) is 1. The number of nitrogens with one attached hydrogen (secondary N) is 4. The number of amides is 3. The Labute approximate surface area is 209 Å². The van der Waals surface area contributed by atoms with Gasteiger partial charge in [0.15, 0.2) is 0 Å². The number of hydrogen-bond acceptors (Lipinski definition) is 6. The van der Waals surface area contributed by atoms with Crippen LogP contribution < -0.4 is 16.0 Å². The first kappa shape index (κ1) is 25.4. The molecule has 5 N–H and O–H groups in total. The lowest BCUT2D eigenvalue weighted by molar-refractivity contribution is -0.149. The number of hydrogen-bond donors (Lipinski definition) is 5. The number of carbonyl (C=O) groups is 4. The second-order valence-electron chi connectivity index (χ2n) is 9.27. The van der Waals surface area contributed by atoms with E-state index in [0.29, 0.717) is 31.5 Å². The largest absolute Gasteiger partial charge is 0.480 e. The van der Waals surface area contributed by atoms with Crippen LogP contribution in [0.2, 0.25) is 0 Å². The van der Waals surface area contributed by atoms with Gasteiger partial charge in [0, 0.05) is 31.3 Å². The van der Waals surface area contributed by atoms with E-state index in [0.717, 1.165) is 18.5 Å². The maximum Gasteiger partial charge on any atom is 0.326 e. The fourth-order valence-corrected chi connectivity index (χ4v) is 4.82. The molecule has 36 heavy (non-hydrogen) atoms. The third-order valence-corrected chi connectivity index (χ3v) is 6.71. The second kappa shape index (κ2) is 11.8. The molecular weight excluding hydrogens is 464 g/mol. The van der Waals surface area contributed by atoms with Crippen LogP contribution in [0, 0.1) is 0 Å². The number of aromatic nitrogens is 2. The zero-order valence-corrected chi connectivity index (χ0v) is 20.0. The van der Waals surface area contributed by atoms with E-state index in [-0.39, 0.29) is 24.8 Å². The number of aliphatic carboxylic acids is 1. The van der Waals surface area contributed by atoms with E-state index in [1.165, 1.54) is 11.2 Å². The smallest absolute Gasteiger partial charge is 0.326 e. The van der Waals surface area contributed by atoms with Crippen molar-refractivity contribution < 1.29 is 24.3 Å². The van der Waals surface area contributed by atoms with Crippen LogP contribution in [0.25, 0.3) is 0 Å². The summed E-state index contributed by atoms with van der Waals surface area (Å²) in [4.78, 5) is 59.8. The van der Waals surface area contributed by atoms with Gasteiger partial charge in [0.05, 0.1) is 12.4 Å². The molecule has 4 unspecified atom stereocenters. The summed E-state index contributed by atoms with van der Waals surface area (Å²) < 4.78 is 0. The summed E-state index contributed by atoms with van der Waals surface area (Å²) in [5, 5.41) is 18.3. The molecule has 1 aromatic heterocycles. The van der Waals surface area contributed by atoms with Crippen molar-refractivity contribution in [2.24, 2.45) is 0 Å². The standard InChI is InChI=1S/C25H32N6O5/c32-22(18-8-4-10-27-18)29-19(13-17-14-26-15-28-17)23(33)30-20(12-16-6-2-1-3-7-16)24(34)31-11-5-9-21(31)25(35)36/h1-3,6-7,14-15,18-21,27H,4-5,8-13H2,(H,26,28)(H,29,32)(H,30,33)(H,35,36). The second-order valence-corrected chi connectivity index (χ2v) is 9.27. The molecule has 0 radical (unpaired) electrons. The van der Waals surface area contributed by atoms with E-state index in [1.807, 2.05) is 30.3 Å². The molecule has 4 atom stereocenters. The number of aromatic amines is 1. The van der Waals surface area contributed by atoms with Crippen LogP contribution >= 0.6 is 0 Å². The Bertz CT molecular complexity index is 1050. The Kier molecular flexibility index (Phi) is 8.32. The summed E-state index contributed by atoms with van der Waals surface area (Å²) in [6.45, 7) is 1.06. The molecule has 11 nitrogen and oxygen atoms in total. The number of imidazole rings is 1. The first-order valence-electron chi connectivity index (χ1n) is 12.3. The predicted octanol–water partition coefficient (Wildman–Crippen LogP) is -0.00790. The van der Waals surface area contributed by atoms with Gasteiger partial charge in [-0.05, 0) is 37.8 Å². The first-order chi connectivity index (χ1) is 17.4. The number of benzene rings is 1. The molecule has 0 bridgehead atoms. The minimum Gasteiger partial charge on any atom is -0.480 e. The van der Waals surface area contributed by atoms with Crippen molar-refractivity contribution in [2.45, 2.75) is 62.7 Å². The Hall–Kier alpha value is -3.73. The summed E-state index contributed by atoms with van der Waals surface area (Å²) in [7, 11) is 0. The van der Waals surface area contributed by atoms with Gasteiger partial charge >= 0.3 is 5.97 Å². The van der Waals surface area contributed by atoms with E-state index in [2.05, 4.69) is 25.9 Å².